The summed E-state index contributed by atoms with van der Waals surface area (Å²) in [6.07, 6.45) is 7.86. The molecule has 0 radical (unpaired) electrons. The molecule has 1 aromatic heterocycles. The SMILES string of the molecule is CC1(NC(=O)c2ccc(CNS(C)(=O)=O)o2)CC=CCC1. The fourth-order valence-electron chi connectivity index (χ4n) is 2.21. The monoisotopic (exact) mass is 312 g/mol. The molecule has 2 N–H and O–H groups in total. The third-order valence-electron chi connectivity index (χ3n) is 3.41. The van der Waals surface area contributed by atoms with Crippen LogP contribution >= 0.6 is 0 Å². The van der Waals surface area contributed by atoms with E-state index < -0.39 is 10.0 Å². The molecular weight excluding hydrogens is 292 g/mol. The zero-order valence-electron chi connectivity index (χ0n) is 12.2. The van der Waals surface area contributed by atoms with Gasteiger partial charge in [-0.05, 0) is 38.3 Å². The van der Waals surface area contributed by atoms with Crippen LogP contribution in [-0.2, 0) is 16.6 Å². The Bertz CT molecular complexity index is 648. The highest BCUT2D eigenvalue weighted by atomic mass is 32.2. The molecule has 1 aliphatic rings. The van der Waals surface area contributed by atoms with Crippen molar-refractivity contribution in [1.82, 2.24) is 10.0 Å². The van der Waals surface area contributed by atoms with Gasteiger partial charge in [0.2, 0.25) is 10.0 Å². The van der Waals surface area contributed by atoms with Gasteiger partial charge in [-0.15, -0.1) is 0 Å². The van der Waals surface area contributed by atoms with Crippen molar-refractivity contribution in [2.24, 2.45) is 0 Å². The van der Waals surface area contributed by atoms with Gasteiger partial charge in [-0.1, -0.05) is 12.2 Å². The molecule has 0 fully saturated rings. The standard InChI is InChI=1S/C14H20N2O4S/c1-14(8-4-3-5-9-14)16-13(17)12-7-6-11(20-12)10-15-21(2,18)19/h3-4,6-7,15H,5,8-10H2,1-2H3,(H,16,17). The van der Waals surface area contributed by atoms with E-state index in [1.54, 1.807) is 12.1 Å². The van der Waals surface area contributed by atoms with Crippen molar-refractivity contribution in [3.63, 3.8) is 0 Å². The summed E-state index contributed by atoms with van der Waals surface area (Å²) in [5.74, 6) is 0.314. The molecule has 1 atom stereocenters. The minimum Gasteiger partial charge on any atom is -0.455 e. The van der Waals surface area contributed by atoms with Gasteiger partial charge in [0.1, 0.15) is 5.76 Å². The van der Waals surface area contributed by atoms with E-state index in [-0.39, 0.29) is 23.8 Å². The lowest BCUT2D eigenvalue weighted by Gasteiger charge is -2.31. The molecule has 1 aromatic rings. The third-order valence-corrected chi connectivity index (χ3v) is 4.08. The van der Waals surface area contributed by atoms with E-state index in [0.717, 1.165) is 25.5 Å². The molecule has 1 unspecified atom stereocenters. The normalized spacial score (nSPS) is 22.2. The summed E-state index contributed by atoms with van der Waals surface area (Å²) in [6.45, 7) is 2.04. The van der Waals surface area contributed by atoms with E-state index in [1.165, 1.54) is 0 Å². The van der Waals surface area contributed by atoms with Gasteiger partial charge in [-0.25, -0.2) is 13.1 Å². The highest BCUT2D eigenvalue weighted by Gasteiger charge is 2.27. The van der Waals surface area contributed by atoms with E-state index in [2.05, 4.69) is 22.2 Å². The third kappa shape index (κ3) is 4.71. The van der Waals surface area contributed by atoms with E-state index in [0.29, 0.717) is 5.76 Å². The molecule has 1 amide bonds. The van der Waals surface area contributed by atoms with Gasteiger partial charge in [0.15, 0.2) is 5.76 Å². The lowest BCUT2D eigenvalue weighted by Crippen LogP contribution is -2.46. The summed E-state index contributed by atoms with van der Waals surface area (Å²) < 4.78 is 29.7. The van der Waals surface area contributed by atoms with E-state index in [4.69, 9.17) is 4.42 Å². The second-order valence-electron chi connectivity index (χ2n) is 5.59. The Morgan fingerprint density at radius 3 is 2.76 bits per heavy atom. The molecule has 21 heavy (non-hydrogen) atoms. The number of sulfonamides is 1. The van der Waals surface area contributed by atoms with Crippen LogP contribution in [0.15, 0.2) is 28.7 Å². The highest BCUT2D eigenvalue weighted by Crippen LogP contribution is 2.23. The van der Waals surface area contributed by atoms with Crippen LogP contribution < -0.4 is 10.0 Å². The fourth-order valence-corrected chi connectivity index (χ4v) is 2.62. The molecule has 0 saturated heterocycles. The van der Waals surface area contributed by atoms with Crippen molar-refractivity contribution >= 4 is 15.9 Å². The van der Waals surface area contributed by atoms with Crippen molar-refractivity contribution in [2.45, 2.75) is 38.3 Å². The molecule has 0 saturated carbocycles. The second kappa shape index (κ2) is 6.03. The van der Waals surface area contributed by atoms with Crippen LogP contribution in [0, 0.1) is 0 Å². The first-order valence-electron chi connectivity index (χ1n) is 6.78. The average molecular weight is 312 g/mol. The van der Waals surface area contributed by atoms with Crippen molar-refractivity contribution in [3.8, 4) is 0 Å². The van der Waals surface area contributed by atoms with Crippen molar-refractivity contribution in [2.75, 3.05) is 6.26 Å². The first kappa shape index (κ1) is 15.8. The van der Waals surface area contributed by atoms with Gasteiger partial charge in [0, 0.05) is 5.54 Å². The maximum atomic E-state index is 12.2. The largest absolute Gasteiger partial charge is 0.455 e. The highest BCUT2D eigenvalue weighted by molar-refractivity contribution is 7.88. The second-order valence-corrected chi connectivity index (χ2v) is 7.42. The van der Waals surface area contributed by atoms with E-state index in [1.807, 2.05) is 6.92 Å². The van der Waals surface area contributed by atoms with Gasteiger partial charge < -0.3 is 9.73 Å². The van der Waals surface area contributed by atoms with Crippen LogP contribution in [-0.4, -0.2) is 26.1 Å². The molecule has 7 heteroatoms. The molecule has 0 aromatic carbocycles. The molecule has 1 heterocycles. The number of allylic oxidation sites excluding steroid dienone is 1. The summed E-state index contributed by atoms with van der Waals surface area (Å²) in [6, 6.07) is 3.15. The van der Waals surface area contributed by atoms with Crippen LogP contribution in [0.3, 0.4) is 0 Å². The molecule has 2 rings (SSSR count). The number of carbonyl (C=O) groups is 1. The molecule has 0 aliphatic heterocycles. The van der Waals surface area contributed by atoms with Crippen LogP contribution in [0.2, 0.25) is 0 Å². The fraction of sp³-hybridized carbons (Fsp3) is 0.500. The summed E-state index contributed by atoms with van der Waals surface area (Å²) in [5.41, 5.74) is -0.260. The van der Waals surface area contributed by atoms with Crippen molar-refractivity contribution in [3.05, 3.63) is 35.8 Å². The number of nitrogens with one attached hydrogen (secondary N) is 2. The summed E-state index contributed by atoms with van der Waals surface area (Å²) in [7, 11) is -3.28. The smallest absolute Gasteiger partial charge is 0.287 e. The number of furan rings is 1. The zero-order valence-corrected chi connectivity index (χ0v) is 13.0. The number of amides is 1. The van der Waals surface area contributed by atoms with Crippen LogP contribution in [0.4, 0.5) is 0 Å². The van der Waals surface area contributed by atoms with Gasteiger partial charge in [0.05, 0.1) is 12.8 Å². The minimum atomic E-state index is -3.28. The maximum absolute atomic E-state index is 12.2. The minimum absolute atomic E-state index is 0.0338. The van der Waals surface area contributed by atoms with Crippen LogP contribution in [0.5, 0.6) is 0 Å². The molecule has 6 nitrogen and oxygen atoms in total. The number of hydrogen-bond acceptors (Lipinski definition) is 4. The predicted octanol–water partition coefficient (Wildman–Crippen LogP) is 1.56. The Balaban J connectivity index is 1.97. The van der Waals surface area contributed by atoms with E-state index >= 15 is 0 Å². The average Bonchev–Trinajstić information content (AvgIpc) is 2.85. The molecular formula is C14H20N2O4S. The lowest BCUT2D eigenvalue weighted by molar-refractivity contribution is 0.0870. The first-order chi connectivity index (χ1) is 9.77. The van der Waals surface area contributed by atoms with Gasteiger partial charge >= 0.3 is 0 Å². The topological polar surface area (TPSA) is 88.4 Å². The Hall–Kier alpha value is -1.60. The summed E-state index contributed by atoms with van der Waals surface area (Å²) >= 11 is 0. The molecule has 116 valence electrons. The maximum Gasteiger partial charge on any atom is 0.287 e. The Morgan fingerprint density at radius 1 is 1.38 bits per heavy atom. The first-order valence-corrected chi connectivity index (χ1v) is 8.67. The van der Waals surface area contributed by atoms with Crippen LogP contribution in [0.25, 0.3) is 0 Å². The Labute approximate surface area is 124 Å². The summed E-state index contributed by atoms with van der Waals surface area (Å²) in [4.78, 5) is 12.2. The van der Waals surface area contributed by atoms with Crippen molar-refractivity contribution < 1.29 is 17.6 Å². The van der Waals surface area contributed by atoms with Gasteiger partial charge in [0.25, 0.3) is 5.91 Å². The Kier molecular flexibility index (Phi) is 4.53. The number of rotatable bonds is 5. The van der Waals surface area contributed by atoms with Crippen molar-refractivity contribution in [1.29, 1.82) is 0 Å². The predicted molar refractivity (Wildman–Crippen MR) is 79.3 cm³/mol. The molecule has 0 bridgehead atoms. The van der Waals surface area contributed by atoms with E-state index in [9.17, 15) is 13.2 Å². The van der Waals surface area contributed by atoms with Crippen LogP contribution in [0.1, 0.15) is 42.5 Å². The Morgan fingerprint density at radius 2 is 2.14 bits per heavy atom. The molecule has 0 spiro atoms. The number of carbonyl (C=O) groups excluding carboxylic acids is 1. The summed E-state index contributed by atoms with van der Waals surface area (Å²) in [5, 5.41) is 2.97. The number of hydrogen-bond donors (Lipinski definition) is 2. The molecule has 1 aliphatic carbocycles. The zero-order chi connectivity index (χ0) is 15.5. The lowest BCUT2D eigenvalue weighted by atomic mass is 9.87. The van der Waals surface area contributed by atoms with Gasteiger partial charge in [-0.3, -0.25) is 4.79 Å². The van der Waals surface area contributed by atoms with Gasteiger partial charge in [-0.2, -0.15) is 0 Å². The quantitative estimate of drug-likeness (QED) is 0.808.